The summed E-state index contributed by atoms with van der Waals surface area (Å²) in [7, 11) is 3.20. The highest BCUT2D eigenvalue weighted by atomic mass is 16.5. The van der Waals surface area contributed by atoms with E-state index < -0.39 is 0 Å². The second-order valence-corrected chi connectivity index (χ2v) is 9.29. The Morgan fingerprint density at radius 2 is 1.82 bits per heavy atom. The lowest BCUT2D eigenvalue weighted by Crippen LogP contribution is -2.26. The summed E-state index contributed by atoms with van der Waals surface area (Å²) < 4.78 is 19.8. The maximum atomic E-state index is 13.2. The number of nitrogens with zero attached hydrogens (tertiary/aromatic N) is 4. The van der Waals surface area contributed by atoms with Crippen molar-refractivity contribution in [1.82, 2.24) is 24.5 Å². The molecule has 0 aliphatic carbocycles. The van der Waals surface area contributed by atoms with Gasteiger partial charge in [-0.05, 0) is 56.5 Å². The van der Waals surface area contributed by atoms with Crippen molar-refractivity contribution in [2.75, 3.05) is 27.4 Å². The van der Waals surface area contributed by atoms with Crippen molar-refractivity contribution in [3.05, 3.63) is 64.2 Å². The fourth-order valence-electron chi connectivity index (χ4n) is 4.42. The molecule has 1 N–H and O–H groups in total. The van der Waals surface area contributed by atoms with E-state index in [-0.39, 0.29) is 24.0 Å². The fourth-order valence-corrected chi connectivity index (χ4v) is 4.42. The molecular formula is C28H35N5O5. The molecule has 0 bridgehead atoms. The van der Waals surface area contributed by atoms with Crippen LogP contribution < -0.4 is 20.3 Å². The lowest BCUT2D eigenvalue weighted by Gasteiger charge is -2.12. The van der Waals surface area contributed by atoms with Gasteiger partial charge in [-0.15, -0.1) is 10.2 Å². The van der Waals surface area contributed by atoms with Crippen LogP contribution >= 0.6 is 0 Å². The van der Waals surface area contributed by atoms with E-state index in [1.54, 1.807) is 18.8 Å². The van der Waals surface area contributed by atoms with Crippen molar-refractivity contribution in [1.29, 1.82) is 0 Å². The molecule has 1 amide bonds. The molecule has 2 heterocycles. The molecular weight excluding hydrogens is 486 g/mol. The lowest BCUT2D eigenvalue weighted by molar-refractivity contribution is -0.121. The smallest absolute Gasteiger partial charge is 0.262 e. The minimum absolute atomic E-state index is 0.0781. The van der Waals surface area contributed by atoms with Crippen LogP contribution in [-0.4, -0.2) is 58.5 Å². The van der Waals surface area contributed by atoms with E-state index >= 15 is 0 Å². The number of carbonyl (C=O) groups is 1. The number of rotatable bonds is 13. The Kier molecular flexibility index (Phi) is 8.96. The van der Waals surface area contributed by atoms with Crippen LogP contribution in [0.25, 0.3) is 16.7 Å². The Morgan fingerprint density at radius 3 is 2.58 bits per heavy atom. The number of para-hydroxylation sites is 1. The van der Waals surface area contributed by atoms with E-state index in [1.807, 2.05) is 60.7 Å². The normalized spacial score (nSPS) is 11.4. The van der Waals surface area contributed by atoms with Crippen molar-refractivity contribution in [3.63, 3.8) is 0 Å². The maximum absolute atomic E-state index is 13.2. The Labute approximate surface area is 221 Å². The van der Waals surface area contributed by atoms with Crippen LogP contribution in [0.2, 0.25) is 0 Å². The number of fused-ring (bicyclic) bond motifs is 3. The number of benzene rings is 2. The third kappa shape index (κ3) is 6.13. The summed E-state index contributed by atoms with van der Waals surface area (Å²) in [6.07, 6.45) is 2.12. The number of amides is 1. The first kappa shape index (κ1) is 27.1. The van der Waals surface area contributed by atoms with Crippen molar-refractivity contribution in [3.8, 4) is 11.5 Å². The van der Waals surface area contributed by atoms with Crippen LogP contribution in [-0.2, 0) is 28.9 Å². The number of hydrogen-bond acceptors (Lipinski definition) is 7. The van der Waals surface area contributed by atoms with Gasteiger partial charge >= 0.3 is 0 Å². The number of nitrogens with one attached hydrogen (secondary N) is 1. The van der Waals surface area contributed by atoms with Gasteiger partial charge in [0.1, 0.15) is 5.82 Å². The summed E-state index contributed by atoms with van der Waals surface area (Å²) in [5, 5.41) is 12.2. The highest BCUT2D eigenvalue weighted by Gasteiger charge is 2.17. The van der Waals surface area contributed by atoms with Crippen molar-refractivity contribution < 1.29 is 19.0 Å². The molecule has 4 rings (SSSR count). The van der Waals surface area contributed by atoms with E-state index in [0.29, 0.717) is 67.4 Å². The zero-order valence-corrected chi connectivity index (χ0v) is 22.4. The van der Waals surface area contributed by atoms with Gasteiger partial charge in [-0.2, -0.15) is 0 Å². The summed E-state index contributed by atoms with van der Waals surface area (Å²) in [6, 6.07) is 13.1. The third-order valence-electron chi connectivity index (χ3n) is 6.31. The Morgan fingerprint density at radius 1 is 1.03 bits per heavy atom. The van der Waals surface area contributed by atoms with E-state index in [1.165, 1.54) is 0 Å². The quantitative estimate of drug-likeness (QED) is 0.269. The van der Waals surface area contributed by atoms with Gasteiger partial charge in [-0.1, -0.05) is 18.2 Å². The average Bonchev–Trinajstić information content (AvgIpc) is 3.35. The highest BCUT2D eigenvalue weighted by molar-refractivity contribution is 5.80. The molecule has 0 saturated heterocycles. The van der Waals surface area contributed by atoms with E-state index in [4.69, 9.17) is 14.2 Å². The highest BCUT2D eigenvalue weighted by Crippen LogP contribution is 2.27. The summed E-state index contributed by atoms with van der Waals surface area (Å²) in [5.74, 6) is 2.36. The number of aromatic nitrogens is 4. The zero-order valence-electron chi connectivity index (χ0n) is 22.4. The molecule has 10 heteroatoms. The van der Waals surface area contributed by atoms with Gasteiger partial charge in [-0.25, -0.2) is 0 Å². The Balaban J connectivity index is 1.44. The van der Waals surface area contributed by atoms with Crippen LogP contribution in [0.15, 0.2) is 47.3 Å². The largest absolute Gasteiger partial charge is 0.493 e. The predicted octanol–water partition coefficient (Wildman–Crippen LogP) is 3.17. The maximum Gasteiger partial charge on any atom is 0.262 e. The predicted molar refractivity (Wildman–Crippen MR) is 145 cm³/mol. The van der Waals surface area contributed by atoms with Crippen molar-refractivity contribution >= 4 is 22.6 Å². The van der Waals surface area contributed by atoms with Crippen molar-refractivity contribution in [2.24, 2.45) is 0 Å². The molecule has 4 aromatic rings. The van der Waals surface area contributed by atoms with Gasteiger partial charge < -0.3 is 19.5 Å². The number of hydrogen-bond donors (Lipinski definition) is 1. The van der Waals surface area contributed by atoms with Crippen LogP contribution in [0, 0.1) is 0 Å². The van der Waals surface area contributed by atoms with Crippen LogP contribution in [0.1, 0.15) is 38.1 Å². The summed E-state index contributed by atoms with van der Waals surface area (Å²) in [4.78, 5) is 25.8. The summed E-state index contributed by atoms with van der Waals surface area (Å²) in [5.41, 5.74) is 1.66. The van der Waals surface area contributed by atoms with Gasteiger partial charge in [0.15, 0.2) is 11.5 Å². The number of methoxy groups -OCH3 is 2. The van der Waals surface area contributed by atoms with Gasteiger partial charge in [0.2, 0.25) is 11.7 Å². The first-order valence-corrected chi connectivity index (χ1v) is 12.9. The van der Waals surface area contributed by atoms with E-state index in [9.17, 15) is 9.59 Å². The van der Waals surface area contributed by atoms with Gasteiger partial charge in [0.25, 0.3) is 5.56 Å². The van der Waals surface area contributed by atoms with Gasteiger partial charge in [0, 0.05) is 32.5 Å². The van der Waals surface area contributed by atoms with E-state index in [2.05, 4.69) is 15.5 Å². The lowest BCUT2D eigenvalue weighted by atomic mass is 10.1. The second kappa shape index (κ2) is 12.6. The SMILES string of the molecule is COc1ccc(CCNC(=O)CCc2nnc3n(CCCOC(C)C)c(=O)c4ccccc4n23)cc1OC. The van der Waals surface area contributed by atoms with Crippen molar-refractivity contribution in [2.45, 2.75) is 52.2 Å². The fraction of sp³-hybridized carbons (Fsp3) is 0.429. The molecule has 0 radical (unpaired) electrons. The molecule has 2 aromatic carbocycles. The molecule has 202 valence electrons. The zero-order chi connectivity index (χ0) is 27.1. The average molecular weight is 522 g/mol. The minimum Gasteiger partial charge on any atom is -0.493 e. The summed E-state index contributed by atoms with van der Waals surface area (Å²) in [6.45, 7) is 5.48. The van der Waals surface area contributed by atoms with Gasteiger partial charge in [-0.3, -0.25) is 18.6 Å². The topological polar surface area (TPSA) is 109 Å². The standard InChI is InChI=1S/C28H35N5O5/c1-19(2)38-17-7-16-32-27(35)21-8-5-6-9-22(21)33-25(30-31-28(32)33)12-13-26(34)29-15-14-20-10-11-23(36-3)24(18-20)37-4/h5-6,8-11,18-19H,7,12-17H2,1-4H3,(H,29,34). The molecule has 0 spiro atoms. The molecule has 0 aliphatic heterocycles. The molecule has 0 saturated carbocycles. The Bertz CT molecular complexity index is 1460. The molecule has 0 atom stereocenters. The van der Waals surface area contributed by atoms with Gasteiger partial charge in [0.05, 0.1) is 31.2 Å². The van der Waals surface area contributed by atoms with E-state index in [0.717, 1.165) is 11.1 Å². The summed E-state index contributed by atoms with van der Waals surface area (Å²) >= 11 is 0. The van der Waals surface area contributed by atoms with Crippen LogP contribution in [0.5, 0.6) is 11.5 Å². The number of aryl methyl sites for hydroxylation is 2. The molecule has 2 aromatic heterocycles. The molecule has 38 heavy (non-hydrogen) atoms. The second-order valence-electron chi connectivity index (χ2n) is 9.29. The number of ether oxygens (including phenoxy) is 3. The molecule has 0 aliphatic rings. The molecule has 0 fully saturated rings. The van der Waals surface area contributed by atoms with Crippen LogP contribution in [0.3, 0.4) is 0 Å². The third-order valence-corrected chi connectivity index (χ3v) is 6.31. The monoisotopic (exact) mass is 521 g/mol. The molecule has 0 unspecified atom stereocenters. The first-order chi connectivity index (χ1) is 18.4. The first-order valence-electron chi connectivity index (χ1n) is 12.9. The number of carbonyl (C=O) groups excluding carboxylic acids is 1. The minimum atomic E-state index is -0.107. The van der Waals surface area contributed by atoms with Crippen LogP contribution in [0.4, 0.5) is 0 Å². The molecule has 10 nitrogen and oxygen atoms in total. The Hall–Kier alpha value is -3.92.